The lowest BCUT2D eigenvalue weighted by molar-refractivity contribution is -0.136. The van der Waals surface area contributed by atoms with Gasteiger partial charge >= 0.3 is 0 Å². The summed E-state index contributed by atoms with van der Waals surface area (Å²) in [6.07, 6.45) is 1.07. The molecule has 0 bridgehead atoms. The van der Waals surface area contributed by atoms with Crippen LogP contribution < -0.4 is 5.32 Å². The largest absolute Gasteiger partial charge is 0.335 e. The van der Waals surface area contributed by atoms with Gasteiger partial charge in [0.2, 0.25) is 5.91 Å². The van der Waals surface area contributed by atoms with Crippen LogP contribution in [0.2, 0.25) is 5.02 Å². The van der Waals surface area contributed by atoms with E-state index in [9.17, 15) is 4.79 Å². The summed E-state index contributed by atoms with van der Waals surface area (Å²) in [5, 5.41) is 4.04. The number of carbonyl (C=O) groups excluding carboxylic acids is 1. The summed E-state index contributed by atoms with van der Waals surface area (Å²) in [4.78, 5) is 14.7. The molecule has 0 saturated carbocycles. The number of halogens is 1. The van der Waals surface area contributed by atoms with Crippen molar-refractivity contribution in [3.05, 3.63) is 34.9 Å². The van der Waals surface area contributed by atoms with Gasteiger partial charge in [0.15, 0.2) is 0 Å². The normalized spacial score (nSPS) is 22.2. The number of nitrogens with zero attached hydrogens (tertiary/aromatic N) is 1. The fraction of sp³-hybridized carbons (Fsp3) is 0.562. The van der Waals surface area contributed by atoms with Crippen LogP contribution in [-0.2, 0) is 11.3 Å². The number of rotatable bonds is 4. The zero-order valence-electron chi connectivity index (χ0n) is 12.4. The third kappa shape index (κ3) is 3.53. The Labute approximate surface area is 126 Å². The second-order valence-electron chi connectivity index (χ2n) is 5.89. The number of hydrogen-bond donors (Lipinski definition) is 1. The number of nitrogens with one attached hydrogen (secondary N) is 1. The summed E-state index contributed by atoms with van der Waals surface area (Å²) >= 11 is 6.02. The standard InChI is InChI=1S/C16H23ClN2O/c1-11(2)19(10-13-5-4-6-14(17)9-13)16(20)15-12(3)7-8-18-15/h4-6,9,11-12,15,18H,7-8,10H2,1-3H3. The van der Waals surface area contributed by atoms with Crippen molar-refractivity contribution in [2.45, 2.75) is 45.8 Å². The van der Waals surface area contributed by atoms with E-state index < -0.39 is 0 Å². The third-order valence-corrected chi connectivity index (χ3v) is 4.18. The van der Waals surface area contributed by atoms with E-state index in [1.54, 1.807) is 0 Å². The molecule has 1 amide bonds. The molecule has 1 aromatic rings. The number of benzene rings is 1. The molecular weight excluding hydrogens is 272 g/mol. The molecule has 1 aromatic carbocycles. The maximum absolute atomic E-state index is 12.7. The first-order valence-electron chi connectivity index (χ1n) is 7.27. The van der Waals surface area contributed by atoms with Crippen LogP contribution >= 0.6 is 11.6 Å². The van der Waals surface area contributed by atoms with Crippen LogP contribution in [0.3, 0.4) is 0 Å². The highest BCUT2D eigenvalue weighted by Gasteiger charge is 2.33. The van der Waals surface area contributed by atoms with Crippen LogP contribution in [0.4, 0.5) is 0 Å². The summed E-state index contributed by atoms with van der Waals surface area (Å²) < 4.78 is 0. The Morgan fingerprint density at radius 3 is 2.80 bits per heavy atom. The second-order valence-corrected chi connectivity index (χ2v) is 6.32. The van der Waals surface area contributed by atoms with E-state index >= 15 is 0 Å². The Hall–Kier alpha value is -1.06. The Bertz CT molecular complexity index is 475. The van der Waals surface area contributed by atoms with Crippen LogP contribution in [0.5, 0.6) is 0 Å². The molecule has 2 atom stereocenters. The van der Waals surface area contributed by atoms with Gasteiger partial charge in [0.25, 0.3) is 0 Å². The van der Waals surface area contributed by atoms with Crippen LogP contribution in [0.1, 0.15) is 32.8 Å². The Morgan fingerprint density at radius 2 is 2.25 bits per heavy atom. The monoisotopic (exact) mass is 294 g/mol. The van der Waals surface area contributed by atoms with Gasteiger partial charge in [-0.05, 0) is 50.4 Å². The highest BCUT2D eigenvalue weighted by molar-refractivity contribution is 6.30. The van der Waals surface area contributed by atoms with Crippen molar-refractivity contribution in [1.82, 2.24) is 10.2 Å². The zero-order valence-corrected chi connectivity index (χ0v) is 13.2. The van der Waals surface area contributed by atoms with Crippen molar-refractivity contribution in [1.29, 1.82) is 0 Å². The predicted octanol–water partition coefficient (Wildman–Crippen LogP) is 3.08. The van der Waals surface area contributed by atoms with Gasteiger partial charge in [-0.15, -0.1) is 0 Å². The Balaban J connectivity index is 2.12. The molecule has 4 heteroatoms. The number of carbonyl (C=O) groups is 1. The van der Waals surface area contributed by atoms with E-state index in [0.717, 1.165) is 18.5 Å². The minimum atomic E-state index is -0.0448. The molecular formula is C16H23ClN2O. The lowest BCUT2D eigenvalue weighted by Gasteiger charge is -2.31. The minimum absolute atomic E-state index is 0.0448. The molecule has 0 radical (unpaired) electrons. The lowest BCUT2D eigenvalue weighted by Crippen LogP contribution is -2.48. The number of hydrogen-bond acceptors (Lipinski definition) is 2. The molecule has 3 nitrogen and oxygen atoms in total. The van der Waals surface area contributed by atoms with Gasteiger partial charge < -0.3 is 10.2 Å². The van der Waals surface area contributed by atoms with Crippen LogP contribution in [0.15, 0.2) is 24.3 Å². The molecule has 1 saturated heterocycles. The van der Waals surface area contributed by atoms with Gasteiger partial charge in [-0.3, -0.25) is 4.79 Å². The molecule has 0 aliphatic carbocycles. The minimum Gasteiger partial charge on any atom is -0.335 e. The topological polar surface area (TPSA) is 32.3 Å². The van der Waals surface area contributed by atoms with Crippen LogP contribution in [0.25, 0.3) is 0 Å². The maximum Gasteiger partial charge on any atom is 0.240 e. The van der Waals surface area contributed by atoms with Gasteiger partial charge in [-0.1, -0.05) is 30.7 Å². The van der Waals surface area contributed by atoms with E-state index in [-0.39, 0.29) is 18.0 Å². The molecule has 0 spiro atoms. The van der Waals surface area contributed by atoms with Crippen molar-refractivity contribution in [2.24, 2.45) is 5.92 Å². The molecule has 2 rings (SSSR count). The van der Waals surface area contributed by atoms with Crippen molar-refractivity contribution in [3.8, 4) is 0 Å². The van der Waals surface area contributed by atoms with Crippen molar-refractivity contribution < 1.29 is 4.79 Å². The van der Waals surface area contributed by atoms with Crippen LogP contribution in [0, 0.1) is 5.92 Å². The molecule has 1 aliphatic heterocycles. The Kier molecular flexibility index (Phi) is 5.06. The molecule has 1 fully saturated rings. The predicted molar refractivity (Wildman–Crippen MR) is 82.7 cm³/mol. The summed E-state index contributed by atoms with van der Waals surface area (Å²) in [5.74, 6) is 0.605. The van der Waals surface area contributed by atoms with Gasteiger partial charge in [0.1, 0.15) is 0 Å². The van der Waals surface area contributed by atoms with E-state index in [0.29, 0.717) is 17.5 Å². The average Bonchev–Trinajstić information content (AvgIpc) is 2.81. The molecule has 1 heterocycles. The van der Waals surface area contributed by atoms with Gasteiger partial charge in [0.05, 0.1) is 6.04 Å². The van der Waals surface area contributed by atoms with E-state index in [2.05, 4.69) is 26.1 Å². The van der Waals surface area contributed by atoms with Gasteiger partial charge in [-0.25, -0.2) is 0 Å². The highest BCUT2D eigenvalue weighted by Crippen LogP contribution is 2.20. The molecule has 1 aliphatic rings. The summed E-state index contributed by atoms with van der Waals surface area (Å²) in [6, 6.07) is 7.85. The Morgan fingerprint density at radius 1 is 1.50 bits per heavy atom. The molecule has 20 heavy (non-hydrogen) atoms. The fourth-order valence-corrected chi connectivity index (χ4v) is 2.90. The summed E-state index contributed by atoms with van der Waals surface area (Å²) in [6.45, 7) is 7.80. The van der Waals surface area contributed by atoms with Crippen molar-refractivity contribution >= 4 is 17.5 Å². The van der Waals surface area contributed by atoms with Crippen LogP contribution in [-0.4, -0.2) is 29.4 Å². The average molecular weight is 295 g/mol. The quantitative estimate of drug-likeness (QED) is 0.925. The van der Waals surface area contributed by atoms with Crippen molar-refractivity contribution in [3.63, 3.8) is 0 Å². The SMILES string of the molecule is CC1CCNC1C(=O)N(Cc1cccc(Cl)c1)C(C)C. The first-order chi connectivity index (χ1) is 9.49. The molecule has 1 N–H and O–H groups in total. The molecule has 110 valence electrons. The first-order valence-corrected chi connectivity index (χ1v) is 7.65. The summed E-state index contributed by atoms with van der Waals surface area (Å²) in [5.41, 5.74) is 1.07. The maximum atomic E-state index is 12.7. The van der Waals surface area contributed by atoms with E-state index in [1.807, 2.05) is 29.2 Å². The zero-order chi connectivity index (χ0) is 14.7. The molecule has 0 aromatic heterocycles. The van der Waals surface area contributed by atoms with E-state index in [1.165, 1.54) is 0 Å². The molecule has 2 unspecified atom stereocenters. The van der Waals surface area contributed by atoms with Gasteiger partial charge in [-0.2, -0.15) is 0 Å². The summed E-state index contributed by atoms with van der Waals surface area (Å²) in [7, 11) is 0. The highest BCUT2D eigenvalue weighted by atomic mass is 35.5. The fourth-order valence-electron chi connectivity index (χ4n) is 2.69. The smallest absolute Gasteiger partial charge is 0.240 e. The first kappa shape index (κ1) is 15.3. The lowest BCUT2D eigenvalue weighted by atomic mass is 10.0. The van der Waals surface area contributed by atoms with E-state index in [4.69, 9.17) is 11.6 Å². The second kappa shape index (κ2) is 6.59. The van der Waals surface area contributed by atoms with Gasteiger partial charge in [0, 0.05) is 17.6 Å². The number of amides is 1. The van der Waals surface area contributed by atoms with Crippen molar-refractivity contribution in [2.75, 3.05) is 6.54 Å². The third-order valence-electron chi connectivity index (χ3n) is 3.95.